The first-order valence-electron chi connectivity index (χ1n) is 10.9. The number of carbonyl (C=O) groups is 3. The average Bonchev–Trinajstić information content (AvgIpc) is 3.23. The third kappa shape index (κ3) is 5.81. The van der Waals surface area contributed by atoms with Crippen LogP contribution in [0.1, 0.15) is 67.2 Å². The normalized spacial score (nSPS) is 19.3. The number of fused-ring (bicyclic) bond motifs is 1. The summed E-state index contributed by atoms with van der Waals surface area (Å²) in [6, 6.07) is 7.02. The number of hydrogen-bond donors (Lipinski definition) is 1. The first kappa shape index (κ1) is 22.3. The van der Waals surface area contributed by atoms with Gasteiger partial charge >= 0.3 is 6.09 Å². The molecule has 30 heavy (non-hydrogen) atoms. The van der Waals surface area contributed by atoms with Crippen molar-refractivity contribution in [3.8, 4) is 0 Å². The number of benzene rings is 1. The van der Waals surface area contributed by atoms with Crippen LogP contribution in [0, 0.1) is 5.92 Å². The van der Waals surface area contributed by atoms with Crippen LogP contribution < -0.4 is 5.32 Å². The molecule has 1 saturated heterocycles. The van der Waals surface area contributed by atoms with Crippen molar-refractivity contribution in [3.63, 3.8) is 0 Å². The fraction of sp³-hybridized carbons (Fsp3) is 0.609. The number of alkyl carbamates (subject to hydrolysis) is 1. The second-order valence-electron chi connectivity index (χ2n) is 9.21. The minimum absolute atomic E-state index is 0.171. The standard InChI is InChI=1S/C23H33N3O4/c1-23(2,3)30-22(29)24-15-17-11-14-25(16-17)12-7-4-8-13-26-20(27)18-9-5-6-10-19(18)21(26)28/h5-6,9-10,17H,4,7-8,11-16H2,1-3H3,(H,24,29). The van der Waals surface area contributed by atoms with Crippen molar-refractivity contribution >= 4 is 17.9 Å². The predicted molar refractivity (Wildman–Crippen MR) is 114 cm³/mol. The van der Waals surface area contributed by atoms with Gasteiger partial charge in [0, 0.05) is 19.6 Å². The second kappa shape index (κ2) is 9.60. The Bertz CT molecular complexity index is 752. The summed E-state index contributed by atoms with van der Waals surface area (Å²) in [6.45, 7) is 9.73. The third-order valence-electron chi connectivity index (χ3n) is 5.54. The minimum Gasteiger partial charge on any atom is -0.444 e. The number of nitrogens with one attached hydrogen (secondary N) is 1. The molecule has 3 amide bonds. The highest BCUT2D eigenvalue weighted by Crippen LogP contribution is 2.23. The van der Waals surface area contributed by atoms with E-state index >= 15 is 0 Å². The molecule has 1 unspecified atom stereocenters. The molecular weight excluding hydrogens is 382 g/mol. The van der Waals surface area contributed by atoms with Crippen molar-refractivity contribution in [3.05, 3.63) is 35.4 Å². The van der Waals surface area contributed by atoms with Gasteiger partial charge < -0.3 is 15.0 Å². The Labute approximate surface area is 178 Å². The van der Waals surface area contributed by atoms with Gasteiger partial charge in [-0.15, -0.1) is 0 Å². The Kier molecular flexibility index (Phi) is 7.13. The SMILES string of the molecule is CC(C)(C)OC(=O)NCC1CCN(CCCCCN2C(=O)c3ccccc3C2=O)C1. The molecule has 3 rings (SSSR count). The number of nitrogens with zero attached hydrogens (tertiary/aromatic N) is 2. The van der Waals surface area contributed by atoms with Crippen molar-refractivity contribution in [2.45, 2.75) is 52.1 Å². The second-order valence-corrected chi connectivity index (χ2v) is 9.21. The molecule has 0 aromatic heterocycles. The van der Waals surface area contributed by atoms with E-state index in [1.807, 2.05) is 20.8 Å². The zero-order chi connectivity index (χ0) is 21.7. The summed E-state index contributed by atoms with van der Waals surface area (Å²) < 4.78 is 5.28. The number of likely N-dealkylation sites (tertiary alicyclic amines) is 1. The van der Waals surface area contributed by atoms with Crippen molar-refractivity contribution < 1.29 is 19.1 Å². The van der Waals surface area contributed by atoms with E-state index in [1.165, 1.54) is 4.90 Å². The molecule has 2 aliphatic rings. The zero-order valence-corrected chi connectivity index (χ0v) is 18.3. The highest BCUT2D eigenvalue weighted by molar-refractivity contribution is 6.21. The van der Waals surface area contributed by atoms with Gasteiger partial charge in [-0.1, -0.05) is 18.6 Å². The molecule has 164 valence electrons. The quantitative estimate of drug-likeness (QED) is 0.521. The van der Waals surface area contributed by atoms with E-state index in [2.05, 4.69) is 10.2 Å². The lowest BCUT2D eigenvalue weighted by Gasteiger charge is -2.21. The molecule has 1 atom stereocenters. The fourth-order valence-corrected chi connectivity index (χ4v) is 4.05. The Morgan fingerprint density at radius 3 is 2.33 bits per heavy atom. The summed E-state index contributed by atoms with van der Waals surface area (Å²) in [5.74, 6) is 0.113. The van der Waals surface area contributed by atoms with Gasteiger partial charge in [0.15, 0.2) is 0 Å². The van der Waals surface area contributed by atoms with E-state index in [0.29, 0.717) is 30.1 Å². The number of unbranched alkanes of at least 4 members (excludes halogenated alkanes) is 2. The molecule has 2 aliphatic heterocycles. The topological polar surface area (TPSA) is 79.0 Å². The molecule has 0 saturated carbocycles. The van der Waals surface area contributed by atoms with Crippen molar-refractivity contribution in [2.24, 2.45) is 5.92 Å². The smallest absolute Gasteiger partial charge is 0.407 e. The van der Waals surface area contributed by atoms with Crippen LogP contribution in [-0.2, 0) is 4.74 Å². The molecule has 0 spiro atoms. The summed E-state index contributed by atoms with van der Waals surface area (Å²) in [5.41, 5.74) is 0.565. The van der Waals surface area contributed by atoms with E-state index in [0.717, 1.165) is 45.3 Å². The van der Waals surface area contributed by atoms with Crippen molar-refractivity contribution in [2.75, 3.05) is 32.7 Å². The predicted octanol–water partition coefficient (Wildman–Crippen LogP) is 3.30. The van der Waals surface area contributed by atoms with E-state index in [-0.39, 0.29) is 17.9 Å². The Morgan fingerprint density at radius 1 is 1.07 bits per heavy atom. The monoisotopic (exact) mass is 415 g/mol. The van der Waals surface area contributed by atoms with E-state index in [4.69, 9.17) is 4.74 Å². The first-order chi connectivity index (χ1) is 14.2. The number of rotatable bonds is 8. The lowest BCUT2D eigenvalue weighted by molar-refractivity contribution is 0.0518. The van der Waals surface area contributed by atoms with Crippen LogP contribution in [0.3, 0.4) is 0 Å². The summed E-state index contributed by atoms with van der Waals surface area (Å²) >= 11 is 0. The van der Waals surface area contributed by atoms with Crippen LogP contribution in [0.5, 0.6) is 0 Å². The maximum Gasteiger partial charge on any atom is 0.407 e. The highest BCUT2D eigenvalue weighted by Gasteiger charge is 2.34. The van der Waals surface area contributed by atoms with E-state index in [1.54, 1.807) is 24.3 Å². The first-order valence-corrected chi connectivity index (χ1v) is 10.9. The van der Waals surface area contributed by atoms with Crippen LogP contribution in [0.15, 0.2) is 24.3 Å². The van der Waals surface area contributed by atoms with Crippen molar-refractivity contribution in [1.82, 2.24) is 15.1 Å². The van der Waals surface area contributed by atoms with Crippen LogP contribution in [-0.4, -0.2) is 66.0 Å². The molecular formula is C23H33N3O4. The lowest BCUT2D eigenvalue weighted by atomic mass is 10.1. The maximum absolute atomic E-state index is 12.4. The molecule has 1 fully saturated rings. The van der Waals surface area contributed by atoms with Gasteiger partial charge in [-0.3, -0.25) is 14.5 Å². The van der Waals surface area contributed by atoms with Gasteiger partial charge in [-0.2, -0.15) is 0 Å². The number of carbonyl (C=O) groups excluding carboxylic acids is 3. The van der Waals surface area contributed by atoms with Crippen LogP contribution in [0.2, 0.25) is 0 Å². The summed E-state index contributed by atoms with van der Waals surface area (Å²) in [4.78, 5) is 40.3. The minimum atomic E-state index is -0.473. The molecule has 0 aliphatic carbocycles. The van der Waals surface area contributed by atoms with Gasteiger partial charge in [0.25, 0.3) is 11.8 Å². The molecule has 0 bridgehead atoms. The summed E-state index contributed by atoms with van der Waals surface area (Å²) in [5, 5.41) is 2.87. The number of ether oxygens (including phenoxy) is 1. The van der Waals surface area contributed by atoms with E-state index < -0.39 is 5.60 Å². The number of hydrogen-bond acceptors (Lipinski definition) is 5. The Balaban J connectivity index is 1.29. The van der Waals surface area contributed by atoms with Crippen molar-refractivity contribution in [1.29, 1.82) is 0 Å². The average molecular weight is 416 g/mol. The fourth-order valence-electron chi connectivity index (χ4n) is 4.05. The summed E-state index contributed by atoms with van der Waals surface area (Å²) in [6.07, 6.45) is 3.56. The third-order valence-corrected chi connectivity index (χ3v) is 5.54. The van der Waals surface area contributed by atoms with Crippen LogP contribution >= 0.6 is 0 Å². The molecule has 1 aromatic rings. The zero-order valence-electron chi connectivity index (χ0n) is 18.3. The molecule has 7 nitrogen and oxygen atoms in total. The molecule has 1 aromatic carbocycles. The molecule has 7 heteroatoms. The highest BCUT2D eigenvalue weighted by atomic mass is 16.6. The van der Waals surface area contributed by atoms with Gasteiger partial charge in [-0.05, 0) is 71.2 Å². The van der Waals surface area contributed by atoms with Crippen LogP contribution in [0.25, 0.3) is 0 Å². The molecule has 2 heterocycles. The largest absolute Gasteiger partial charge is 0.444 e. The summed E-state index contributed by atoms with van der Waals surface area (Å²) in [7, 11) is 0. The lowest BCUT2D eigenvalue weighted by Crippen LogP contribution is -2.36. The maximum atomic E-state index is 12.4. The molecule has 1 N–H and O–H groups in total. The Morgan fingerprint density at radius 2 is 1.70 bits per heavy atom. The van der Waals surface area contributed by atoms with Gasteiger partial charge in [0.05, 0.1) is 11.1 Å². The van der Waals surface area contributed by atoms with Gasteiger partial charge in [-0.25, -0.2) is 4.79 Å². The molecule has 0 radical (unpaired) electrons. The Hall–Kier alpha value is -2.41. The number of imide groups is 1. The van der Waals surface area contributed by atoms with Crippen LogP contribution in [0.4, 0.5) is 4.79 Å². The van der Waals surface area contributed by atoms with Gasteiger partial charge in [0.1, 0.15) is 5.60 Å². The van der Waals surface area contributed by atoms with E-state index in [9.17, 15) is 14.4 Å². The number of amides is 3. The van der Waals surface area contributed by atoms with Gasteiger partial charge in [0.2, 0.25) is 0 Å².